The van der Waals surface area contributed by atoms with Crippen molar-refractivity contribution < 1.29 is 4.79 Å². The van der Waals surface area contributed by atoms with Crippen LogP contribution in [0.5, 0.6) is 0 Å². The summed E-state index contributed by atoms with van der Waals surface area (Å²) in [7, 11) is 0. The molecule has 0 saturated carbocycles. The highest BCUT2D eigenvalue weighted by atomic mass is 16.1. The van der Waals surface area contributed by atoms with E-state index in [1.165, 1.54) is 0 Å². The normalized spacial score (nSPS) is 10.8. The molecular weight excluding hydrogens is 266 g/mol. The largest absolute Gasteiger partial charge is 0.370 e. The molecule has 6 nitrogen and oxygen atoms in total. The number of amides is 1. The van der Waals surface area contributed by atoms with Crippen LogP contribution >= 0.6 is 0 Å². The molecule has 1 aromatic rings. The summed E-state index contributed by atoms with van der Waals surface area (Å²) >= 11 is 0. The molecule has 0 aliphatic rings. The molecule has 0 fully saturated rings. The Morgan fingerprint density at radius 2 is 1.76 bits per heavy atom. The number of hydrogen-bond donors (Lipinski definition) is 3. The zero-order valence-corrected chi connectivity index (χ0v) is 13.7. The predicted molar refractivity (Wildman–Crippen MR) is 86.6 cm³/mol. The topological polar surface area (TPSA) is 78.9 Å². The van der Waals surface area contributed by atoms with Crippen molar-refractivity contribution in [2.24, 2.45) is 5.92 Å². The van der Waals surface area contributed by atoms with E-state index in [1.54, 1.807) is 0 Å². The highest BCUT2D eigenvalue weighted by Crippen LogP contribution is 2.16. The van der Waals surface area contributed by atoms with Gasteiger partial charge in [0.1, 0.15) is 17.5 Å². The van der Waals surface area contributed by atoms with E-state index in [0.717, 1.165) is 18.2 Å². The van der Waals surface area contributed by atoms with E-state index in [9.17, 15) is 4.79 Å². The Morgan fingerprint density at radius 3 is 2.29 bits per heavy atom. The van der Waals surface area contributed by atoms with Crippen LogP contribution in [0.3, 0.4) is 0 Å². The first-order valence-electron chi connectivity index (χ1n) is 7.55. The minimum Gasteiger partial charge on any atom is -0.370 e. The van der Waals surface area contributed by atoms with Crippen LogP contribution in [0.15, 0.2) is 6.07 Å². The number of hydrogen-bond acceptors (Lipinski definition) is 5. The van der Waals surface area contributed by atoms with E-state index in [0.29, 0.717) is 18.3 Å². The Kier molecular flexibility index (Phi) is 6.91. The van der Waals surface area contributed by atoms with Gasteiger partial charge in [-0.2, -0.15) is 0 Å². The Hall–Kier alpha value is -1.85. The number of carbonyl (C=O) groups excluding carboxylic acids is 1. The highest BCUT2D eigenvalue weighted by molar-refractivity contribution is 5.80. The van der Waals surface area contributed by atoms with Gasteiger partial charge in [0.05, 0.1) is 6.54 Å². The summed E-state index contributed by atoms with van der Waals surface area (Å²) in [5.74, 6) is 2.86. The fourth-order valence-electron chi connectivity index (χ4n) is 1.64. The Balaban J connectivity index is 2.66. The van der Waals surface area contributed by atoms with Crippen LogP contribution in [0.4, 0.5) is 11.6 Å². The number of carbonyl (C=O) groups is 1. The molecule has 118 valence electrons. The molecule has 0 aliphatic heterocycles. The maximum atomic E-state index is 11.7. The third-order valence-electron chi connectivity index (χ3n) is 2.76. The molecule has 0 aliphatic carbocycles. The van der Waals surface area contributed by atoms with Gasteiger partial charge in [-0.3, -0.25) is 4.79 Å². The van der Waals surface area contributed by atoms with E-state index < -0.39 is 0 Å². The van der Waals surface area contributed by atoms with Crippen LogP contribution in [0.1, 0.15) is 46.4 Å². The second-order valence-electron chi connectivity index (χ2n) is 5.73. The maximum absolute atomic E-state index is 11.7. The Bertz CT molecular complexity index is 459. The molecule has 0 atom stereocenters. The lowest BCUT2D eigenvalue weighted by Gasteiger charge is -2.12. The van der Waals surface area contributed by atoms with Gasteiger partial charge < -0.3 is 16.0 Å². The molecule has 1 amide bonds. The van der Waals surface area contributed by atoms with Crippen molar-refractivity contribution >= 4 is 17.5 Å². The Labute approximate surface area is 127 Å². The quantitative estimate of drug-likeness (QED) is 0.685. The van der Waals surface area contributed by atoms with Crippen LogP contribution in [0, 0.1) is 5.92 Å². The van der Waals surface area contributed by atoms with E-state index in [1.807, 2.05) is 26.8 Å². The summed E-state index contributed by atoms with van der Waals surface area (Å²) in [5, 5.41) is 9.11. The highest BCUT2D eigenvalue weighted by Gasteiger charge is 2.09. The minimum atomic E-state index is -0.0293. The number of aromatic nitrogens is 2. The van der Waals surface area contributed by atoms with Crippen molar-refractivity contribution in [1.29, 1.82) is 0 Å². The van der Waals surface area contributed by atoms with Gasteiger partial charge in [0, 0.05) is 25.1 Å². The molecule has 0 unspecified atom stereocenters. The van der Waals surface area contributed by atoms with E-state index in [4.69, 9.17) is 0 Å². The lowest BCUT2D eigenvalue weighted by molar-refractivity contribution is -0.119. The lowest BCUT2D eigenvalue weighted by Crippen LogP contribution is -2.32. The average molecular weight is 293 g/mol. The number of rotatable bonds is 8. The van der Waals surface area contributed by atoms with Crippen LogP contribution in [-0.4, -0.2) is 35.5 Å². The van der Waals surface area contributed by atoms with E-state index in [2.05, 4.69) is 39.8 Å². The molecular formula is C15H27N5O. The van der Waals surface area contributed by atoms with Crippen molar-refractivity contribution in [1.82, 2.24) is 15.3 Å². The maximum Gasteiger partial charge on any atom is 0.239 e. The van der Waals surface area contributed by atoms with Gasteiger partial charge in [-0.25, -0.2) is 9.97 Å². The van der Waals surface area contributed by atoms with Gasteiger partial charge in [0.25, 0.3) is 0 Å². The standard InChI is InChI=1S/C15H27N5O/c1-6-16-12-7-13(20-15(19-12)11(4)5)17-9-14(21)18-8-10(2)3/h7,10-11H,6,8-9H2,1-5H3,(H,18,21)(H2,16,17,19,20). The summed E-state index contributed by atoms with van der Waals surface area (Å²) in [6.45, 7) is 11.9. The first-order chi connectivity index (χ1) is 9.92. The molecule has 1 rings (SSSR count). The monoisotopic (exact) mass is 293 g/mol. The number of nitrogens with one attached hydrogen (secondary N) is 3. The van der Waals surface area contributed by atoms with Crippen molar-refractivity contribution in [3.63, 3.8) is 0 Å². The molecule has 0 bridgehead atoms. The van der Waals surface area contributed by atoms with Crippen LogP contribution in [0.25, 0.3) is 0 Å². The fraction of sp³-hybridized carbons (Fsp3) is 0.667. The van der Waals surface area contributed by atoms with Gasteiger partial charge in [0.2, 0.25) is 5.91 Å². The van der Waals surface area contributed by atoms with Gasteiger partial charge in [-0.15, -0.1) is 0 Å². The Morgan fingerprint density at radius 1 is 1.14 bits per heavy atom. The fourth-order valence-corrected chi connectivity index (χ4v) is 1.64. The van der Waals surface area contributed by atoms with E-state index >= 15 is 0 Å². The molecule has 21 heavy (non-hydrogen) atoms. The third-order valence-corrected chi connectivity index (χ3v) is 2.76. The van der Waals surface area contributed by atoms with Gasteiger partial charge in [-0.05, 0) is 12.8 Å². The summed E-state index contributed by atoms with van der Waals surface area (Å²) in [6, 6.07) is 1.82. The average Bonchev–Trinajstić information content (AvgIpc) is 2.43. The SMILES string of the molecule is CCNc1cc(NCC(=O)NCC(C)C)nc(C(C)C)n1. The zero-order chi connectivity index (χ0) is 15.8. The van der Waals surface area contributed by atoms with Crippen LogP contribution < -0.4 is 16.0 Å². The zero-order valence-electron chi connectivity index (χ0n) is 13.7. The lowest BCUT2D eigenvalue weighted by atomic mass is 10.2. The molecule has 0 aromatic carbocycles. The third kappa shape index (κ3) is 6.42. The van der Waals surface area contributed by atoms with Crippen LogP contribution in [0.2, 0.25) is 0 Å². The first-order valence-corrected chi connectivity index (χ1v) is 7.55. The molecule has 1 aromatic heterocycles. The summed E-state index contributed by atoms with van der Waals surface area (Å²) in [6.07, 6.45) is 0. The molecule has 0 spiro atoms. The smallest absolute Gasteiger partial charge is 0.239 e. The summed E-state index contributed by atoms with van der Waals surface area (Å²) in [4.78, 5) is 20.6. The van der Waals surface area contributed by atoms with Crippen molar-refractivity contribution in [3.05, 3.63) is 11.9 Å². The van der Waals surface area contributed by atoms with Crippen molar-refractivity contribution in [2.45, 2.75) is 40.5 Å². The molecule has 0 radical (unpaired) electrons. The minimum absolute atomic E-state index is 0.0293. The molecule has 3 N–H and O–H groups in total. The van der Waals surface area contributed by atoms with Gasteiger partial charge in [0.15, 0.2) is 0 Å². The van der Waals surface area contributed by atoms with Crippen molar-refractivity contribution in [3.8, 4) is 0 Å². The summed E-state index contributed by atoms with van der Waals surface area (Å²) in [5.41, 5.74) is 0. The number of anilines is 2. The van der Waals surface area contributed by atoms with E-state index in [-0.39, 0.29) is 18.4 Å². The second kappa shape index (κ2) is 8.44. The molecule has 6 heteroatoms. The first kappa shape index (κ1) is 17.2. The van der Waals surface area contributed by atoms with Gasteiger partial charge in [-0.1, -0.05) is 27.7 Å². The molecule has 1 heterocycles. The predicted octanol–water partition coefficient (Wildman–Crippen LogP) is 2.22. The van der Waals surface area contributed by atoms with Gasteiger partial charge >= 0.3 is 0 Å². The van der Waals surface area contributed by atoms with Crippen molar-refractivity contribution in [2.75, 3.05) is 30.3 Å². The second-order valence-corrected chi connectivity index (χ2v) is 5.73. The summed E-state index contributed by atoms with van der Waals surface area (Å²) < 4.78 is 0. The van der Waals surface area contributed by atoms with Crippen LogP contribution in [-0.2, 0) is 4.79 Å². The number of nitrogens with zero attached hydrogens (tertiary/aromatic N) is 2. The molecule has 0 saturated heterocycles.